The summed E-state index contributed by atoms with van der Waals surface area (Å²) in [5, 5.41) is 0. The fourth-order valence-electron chi connectivity index (χ4n) is 3.17. The van der Waals surface area contributed by atoms with E-state index in [2.05, 4.69) is 9.80 Å². The quantitative estimate of drug-likeness (QED) is 0.834. The lowest BCUT2D eigenvalue weighted by molar-refractivity contribution is 0.139. The third kappa shape index (κ3) is 3.22. The number of para-hydroxylation sites is 1. The molecule has 0 N–H and O–H groups in total. The van der Waals surface area contributed by atoms with E-state index >= 15 is 0 Å². The molecular formula is C15H22N2O3S. The van der Waals surface area contributed by atoms with E-state index < -0.39 is 9.84 Å². The zero-order valence-corrected chi connectivity index (χ0v) is 13.2. The first kappa shape index (κ1) is 14.8. The van der Waals surface area contributed by atoms with Crippen LogP contribution >= 0.6 is 0 Å². The van der Waals surface area contributed by atoms with Crippen molar-refractivity contribution >= 4 is 15.5 Å². The Balaban J connectivity index is 1.72. The summed E-state index contributed by atoms with van der Waals surface area (Å²) in [6.07, 6.45) is 2.39. The van der Waals surface area contributed by atoms with Gasteiger partial charge >= 0.3 is 0 Å². The molecule has 2 heterocycles. The number of ether oxygens (including phenoxy) is 1. The average molecular weight is 310 g/mol. The number of sulfone groups is 1. The normalized spacial score (nSPS) is 24.4. The van der Waals surface area contributed by atoms with Crippen LogP contribution < -0.4 is 4.90 Å². The van der Waals surface area contributed by atoms with E-state index in [0.717, 1.165) is 51.5 Å². The van der Waals surface area contributed by atoms with E-state index in [0.29, 0.717) is 10.9 Å². The van der Waals surface area contributed by atoms with Gasteiger partial charge in [-0.15, -0.1) is 0 Å². The van der Waals surface area contributed by atoms with Crippen molar-refractivity contribution in [1.29, 1.82) is 0 Å². The molecule has 21 heavy (non-hydrogen) atoms. The summed E-state index contributed by atoms with van der Waals surface area (Å²) in [7, 11) is -3.19. The predicted octanol–water partition coefficient (Wildman–Crippen LogP) is 1.00. The van der Waals surface area contributed by atoms with Crippen molar-refractivity contribution in [2.75, 3.05) is 50.5 Å². The first-order valence-electron chi connectivity index (χ1n) is 7.41. The largest absolute Gasteiger partial charge is 0.380 e. The van der Waals surface area contributed by atoms with Gasteiger partial charge in [-0.1, -0.05) is 12.1 Å². The maximum atomic E-state index is 11.9. The van der Waals surface area contributed by atoms with Gasteiger partial charge in [0.2, 0.25) is 0 Å². The van der Waals surface area contributed by atoms with E-state index in [9.17, 15) is 8.42 Å². The maximum Gasteiger partial charge on any atom is 0.177 e. The summed E-state index contributed by atoms with van der Waals surface area (Å²) >= 11 is 0. The van der Waals surface area contributed by atoms with E-state index in [1.54, 1.807) is 12.1 Å². The van der Waals surface area contributed by atoms with Crippen LogP contribution in [0.15, 0.2) is 29.2 Å². The summed E-state index contributed by atoms with van der Waals surface area (Å²) in [4.78, 5) is 5.08. The van der Waals surface area contributed by atoms with Gasteiger partial charge in [0.15, 0.2) is 9.84 Å². The van der Waals surface area contributed by atoms with Crippen LogP contribution in [0.1, 0.15) is 6.42 Å². The molecule has 2 saturated heterocycles. The standard InChI is InChI=1S/C15H22N2O3S/c1-21(18,19)15-5-3-2-4-14(15)17-9-7-16(8-10-17)13-6-11-20-12-13/h2-5,13H,6-12H2,1H3/t13-/m0/s1. The molecule has 6 heteroatoms. The van der Waals surface area contributed by atoms with Crippen LogP contribution in [0, 0.1) is 0 Å². The van der Waals surface area contributed by atoms with Gasteiger partial charge in [-0.2, -0.15) is 0 Å². The van der Waals surface area contributed by atoms with Crippen molar-refractivity contribution in [3.05, 3.63) is 24.3 Å². The monoisotopic (exact) mass is 310 g/mol. The highest BCUT2D eigenvalue weighted by molar-refractivity contribution is 7.90. The molecule has 0 aromatic heterocycles. The SMILES string of the molecule is CS(=O)(=O)c1ccccc1N1CCN([C@H]2CCOC2)CC1. The minimum absolute atomic E-state index is 0.433. The number of nitrogens with zero attached hydrogens (tertiary/aromatic N) is 2. The number of benzene rings is 1. The highest BCUT2D eigenvalue weighted by Crippen LogP contribution is 2.26. The minimum Gasteiger partial charge on any atom is -0.380 e. The van der Waals surface area contributed by atoms with Crippen LogP contribution in [-0.2, 0) is 14.6 Å². The molecule has 0 bridgehead atoms. The van der Waals surface area contributed by atoms with Gasteiger partial charge in [0, 0.05) is 45.1 Å². The number of hydrogen-bond donors (Lipinski definition) is 0. The number of piperazine rings is 1. The first-order chi connectivity index (χ1) is 10.1. The number of hydrogen-bond acceptors (Lipinski definition) is 5. The fraction of sp³-hybridized carbons (Fsp3) is 0.600. The van der Waals surface area contributed by atoms with Crippen LogP contribution in [0.25, 0.3) is 0 Å². The average Bonchev–Trinajstić information content (AvgIpc) is 3.01. The molecule has 3 rings (SSSR count). The molecule has 1 aromatic rings. The molecule has 0 radical (unpaired) electrons. The molecule has 0 amide bonds. The molecule has 0 aliphatic carbocycles. The minimum atomic E-state index is -3.19. The number of anilines is 1. The van der Waals surface area contributed by atoms with Crippen molar-refractivity contribution in [3.63, 3.8) is 0 Å². The van der Waals surface area contributed by atoms with E-state index in [1.807, 2.05) is 12.1 Å². The highest BCUT2D eigenvalue weighted by atomic mass is 32.2. The second kappa shape index (κ2) is 5.94. The van der Waals surface area contributed by atoms with Crippen LogP contribution in [0.4, 0.5) is 5.69 Å². The Bertz CT molecular complexity index is 589. The topological polar surface area (TPSA) is 49.9 Å². The zero-order valence-electron chi connectivity index (χ0n) is 12.4. The van der Waals surface area contributed by atoms with Gasteiger partial charge in [-0.25, -0.2) is 8.42 Å². The van der Waals surface area contributed by atoms with Crippen molar-refractivity contribution in [3.8, 4) is 0 Å². The second-order valence-electron chi connectivity index (χ2n) is 5.78. The Morgan fingerprint density at radius 1 is 1.14 bits per heavy atom. The second-order valence-corrected chi connectivity index (χ2v) is 7.76. The Hall–Kier alpha value is -1.11. The lowest BCUT2D eigenvalue weighted by Crippen LogP contribution is -2.50. The van der Waals surface area contributed by atoms with Gasteiger partial charge in [0.25, 0.3) is 0 Å². The number of rotatable bonds is 3. The molecule has 0 unspecified atom stereocenters. The van der Waals surface area contributed by atoms with Crippen molar-refractivity contribution < 1.29 is 13.2 Å². The lowest BCUT2D eigenvalue weighted by atomic mass is 10.1. The highest BCUT2D eigenvalue weighted by Gasteiger charge is 2.28. The van der Waals surface area contributed by atoms with Crippen LogP contribution in [0.2, 0.25) is 0 Å². The summed E-state index contributed by atoms with van der Waals surface area (Å²) in [6.45, 7) is 5.35. The van der Waals surface area contributed by atoms with Gasteiger partial charge in [0.1, 0.15) is 0 Å². The molecule has 5 nitrogen and oxygen atoms in total. The molecule has 116 valence electrons. The van der Waals surface area contributed by atoms with Gasteiger partial charge in [-0.05, 0) is 18.6 Å². The first-order valence-corrected chi connectivity index (χ1v) is 9.31. The Morgan fingerprint density at radius 2 is 1.86 bits per heavy atom. The van der Waals surface area contributed by atoms with E-state index in [1.165, 1.54) is 6.26 Å². The molecule has 2 aliphatic rings. The van der Waals surface area contributed by atoms with Crippen LogP contribution in [-0.4, -0.2) is 65.0 Å². The predicted molar refractivity (Wildman–Crippen MR) is 82.6 cm³/mol. The molecule has 0 saturated carbocycles. The summed E-state index contributed by atoms with van der Waals surface area (Å²) in [5.41, 5.74) is 0.835. The Morgan fingerprint density at radius 3 is 2.48 bits per heavy atom. The molecule has 1 aromatic carbocycles. The van der Waals surface area contributed by atoms with Crippen LogP contribution in [0.3, 0.4) is 0 Å². The van der Waals surface area contributed by atoms with E-state index in [4.69, 9.17) is 4.74 Å². The maximum absolute atomic E-state index is 11.9. The van der Waals surface area contributed by atoms with Crippen molar-refractivity contribution in [2.24, 2.45) is 0 Å². The molecule has 1 atom stereocenters. The summed E-state index contributed by atoms with van der Waals surface area (Å²) < 4.78 is 29.3. The molecule has 0 spiro atoms. The Kier molecular flexibility index (Phi) is 4.19. The zero-order chi connectivity index (χ0) is 14.9. The smallest absolute Gasteiger partial charge is 0.177 e. The summed E-state index contributed by atoms with van der Waals surface area (Å²) in [6, 6.07) is 7.83. The van der Waals surface area contributed by atoms with Gasteiger partial charge in [-0.3, -0.25) is 4.90 Å². The van der Waals surface area contributed by atoms with Crippen molar-refractivity contribution in [2.45, 2.75) is 17.4 Å². The third-order valence-corrected chi connectivity index (χ3v) is 5.49. The van der Waals surface area contributed by atoms with E-state index in [-0.39, 0.29) is 0 Å². The summed E-state index contributed by atoms with van der Waals surface area (Å²) in [5.74, 6) is 0. The molecule has 2 aliphatic heterocycles. The lowest BCUT2D eigenvalue weighted by Gasteiger charge is -2.39. The van der Waals surface area contributed by atoms with Gasteiger partial charge < -0.3 is 9.64 Å². The Labute approximate surface area is 126 Å². The fourth-order valence-corrected chi connectivity index (χ4v) is 4.07. The van der Waals surface area contributed by atoms with Crippen LogP contribution in [0.5, 0.6) is 0 Å². The van der Waals surface area contributed by atoms with Gasteiger partial charge in [0.05, 0.1) is 17.2 Å². The molecular weight excluding hydrogens is 288 g/mol. The molecule has 2 fully saturated rings. The third-order valence-electron chi connectivity index (χ3n) is 4.34. The van der Waals surface area contributed by atoms with Crippen molar-refractivity contribution in [1.82, 2.24) is 4.90 Å².